The maximum Gasteiger partial charge on any atom is 0.134 e. The zero-order chi connectivity index (χ0) is 15.0. The number of hydrogen-bond acceptors (Lipinski definition) is 2. The number of halogens is 2. The molecule has 2 nitrogen and oxygen atoms in total. The average molecular weight is 409 g/mol. The lowest BCUT2D eigenvalue weighted by Gasteiger charge is -2.15. The van der Waals surface area contributed by atoms with E-state index in [2.05, 4.69) is 74.4 Å². The van der Waals surface area contributed by atoms with Gasteiger partial charge in [0.25, 0.3) is 0 Å². The highest BCUT2D eigenvalue weighted by molar-refractivity contribution is 9.11. The Balaban J connectivity index is 2.08. The summed E-state index contributed by atoms with van der Waals surface area (Å²) in [7, 11) is 1.94. The molecule has 0 aliphatic carbocycles. The van der Waals surface area contributed by atoms with Crippen LogP contribution in [0.1, 0.15) is 22.9 Å². The molecule has 1 unspecified atom stereocenters. The van der Waals surface area contributed by atoms with Crippen LogP contribution in [0.25, 0.3) is 11.0 Å². The van der Waals surface area contributed by atoms with E-state index in [1.807, 2.05) is 19.2 Å². The van der Waals surface area contributed by atoms with Gasteiger partial charge in [-0.1, -0.05) is 43.5 Å². The summed E-state index contributed by atoms with van der Waals surface area (Å²) >= 11 is 7.08. The van der Waals surface area contributed by atoms with Gasteiger partial charge in [0.1, 0.15) is 11.3 Å². The third-order valence-corrected chi connectivity index (χ3v) is 4.40. The topological polar surface area (TPSA) is 25.2 Å². The Morgan fingerprint density at radius 2 is 1.71 bits per heavy atom. The van der Waals surface area contributed by atoms with E-state index in [4.69, 9.17) is 4.42 Å². The SMILES string of the molecule is CNC(c1cc(Br)cc(Br)c1)c1cc2cc(C)ccc2o1. The highest BCUT2D eigenvalue weighted by atomic mass is 79.9. The third-order valence-electron chi connectivity index (χ3n) is 3.48. The zero-order valence-electron chi connectivity index (χ0n) is 11.8. The quantitative estimate of drug-likeness (QED) is 0.612. The Hall–Kier alpha value is -1.10. The summed E-state index contributed by atoms with van der Waals surface area (Å²) in [6.07, 6.45) is 0. The maximum absolute atomic E-state index is 6.02. The summed E-state index contributed by atoms with van der Waals surface area (Å²) in [5, 5.41) is 4.47. The Morgan fingerprint density at radius 1 is 1.00 bits per heavy atom. The van der Waals surface area contributed by atoms with Gasteiger partial charge in [-0.05, 0) is 55.9 Å². The van der Waals surface area contributed by atoms with Crippen molar-refractivity contribution in [3.63, 3.8) is 0 Å². The molecule has 0 saturated carbocycles. The van der Waals surface area contributed by atoms with Gasteiger partial charge in [-0.3, -0.25) is 0 Å². The van der Waals surface area contributed by atoms with Crippen LogP contribution in [-0.2, 0) is 0 Å². The van der Waals surface area contributed by atoms with Crippen molar-refractivity contribution < 1.29 is 4.42 Å². The minimum absolute atomic E-state index is 0.0199. The predicted octanol–water partition coefficient (Wildman–Crippen LogP) is 5.58. The van der Waals surface area contributed by atoms with Gasteiger partial charge in [0, 0.05) is 14.3 Å². The summed E-state index contributed by atoms with van der Waals surface area (Å²) in [6.45, 7) is 2.09. The number of furan rings is 1. The van der Waals surface area contributed by atoms with Crippen molar-refractivity contribution in [2.24, 2.45) is 0 Å². The first-order chi connectivity index (χ1) is 10.1. The van der Waals surface area contributed by atoms with E-state index in [0.717, 1.165) is 31.2 Å². The minimum atomic E-state index is 0.0199. The highest BCUT2D eigenvalue weighted by Crippen LogP contribution is 2.31. The molecule has 1 atom stereocenters. The Morgan fingerprint density at radius 3 is 2.38 bits per heavy atom. The normalized spacial score (nSPS) is 12.8. The molecule has 0 bridgehead atoms. The van der Waals surface area contributed by atoms with Crippen molar-refractivity contribution in [2.45, 2.75) is 13.0 Å². The van der Waals surface area contributed by atoms with Crippen LogP contribution in [-0.4, -0.2) is 7.05 Å². The minimum Gasteiger partial charge on any atom is -0.459 e. The molecule has 1 aromatic heterocycles. The summed E-state index contributed by atoms with van der Waals surface area (Å²) in [4.78, 5) is 0. The molecule has 0 saturated heterocycles. The van der Waals surface area contributed by atoms with Gasteiger partial charge in [-0.25, -0.2) is 0 Å². The van der Waals surface area contributed by atoms with Crippen LogP contribution in [0.5, 0.6) is 0 Å². The molecule has 0 amide bonds. The molecule has 3 aromatic rings. The van der Waals surface area contributed by atoms with Crippen molar-refractivity contribution in [1.82, 2.24) is 5.32 Å². The lowest BCUT2D eigenvalue weighted by molar-refractivity contribution is 0.491. The van der Waals surface area contributed by atoms with Gasteiger partial charge in [-0.15, -0.1) is 0 Å². The molecule has 2 aromatic carbocycles. The smallest absolute Gasteiger partial charge is 0.134 e. The second-order valence-corrected chi connectivity index (χ2v) is 6.95. The van der Waals surface area contributed by atoms with Crippen LogP contribution in [0.3, 0.4) is 0 Å². The van der Waals surface area contributed by atoms with Crippen molar-refractivity contribution in [3.8, 4) is 0 Å². The fourth-order valence-corrected chi connectivity index (χ4v) is 3.87. The first-order valence-corrected chi connectivity index (χ1v) is 8.29. The van der Waals surface area contributed by atoms with E-state index in [1.54, 1.807) is 0 Å². The summed E-state index contributed by atoms with van der Waals surface area (Å²) in [5.74, 6) is 0.920. The lowest BCUT2D eigenvalue weighted by atomic mass is 10.0. The fourth-order valence-electron chi connectivity index (χ4n) is 2.54. The van der Waals surface area contributed by atoms with Gasteiger partial charge >= 0.3 is 0 Å². The first kappa shape index (κ1) is 14.8. The maximum atomic E-state index is 6.02. The number of hydrogen-bond donors (Lipinski definition) is 1. The number of nitrogens with one attached hydrogen (secondary N) is 1. The monoisotopic (exact) mass is 407 g/mol. The Bertz CT molecular complexity index is 774. The van der Waals surface area contributed by atoms with E-state index in [-0.39, 0.29) is 6.04 Å². The molecule has 4 heteroatoms. The van der Waals surface area contributed by atoms with E-state index >= 15 is 0 Å². The molecular weight excluding hydrogens is 394 g/mol. The van der Waals surface area contributed by atoms with Crippen LogP contribution < -0.4 is 5.32 Å². The van der Waals surface area contributed by atoms with Gasteiger partial charge in [-0.2, -0.15) is 0 Å². The standard InChI is InChI=1S/C17H15Br2NO/c1-10-3-4-15-11(5-10)8-16(21-15)17(20-2)12-6-13(18)9-14(19)7-12/h3-9,17,20H,1-2H3. The highest BCUT2D eigenvalue weighted by Gasteiger charge is 2.17. The van der Waals surface area contributed by atoms with Crippen LogP contribution >= 0.6 is 31.9 Å². The van der Waals surface area contributed by atoms with Crippen LogP contribution in [0, 0.1) is 6.92 Å². The number of rotatable bonds is 3. The summed E-state index contributed by atoms with van der Waals surface area (Å²) in [6, 6.07) is 14.6. The van der Waals surface area contributed by atoms with E-state index in [0.29, 0.717) is 0 Å². The molecule has 21 heavy (non-hydrogen) atoms. The van der Waals surface area contributed by atoms with E-state index in [9.17, 15) is 0 Å². The largest absolute Gasteiger partial charge is 0.459 e. The van der Waals surface area contributed by atoms with Gasteiger partial charge in [0.2, 0.25) is 0 Å². The molecule has 0 spiro atoms. The summed E-state index contributed by atoms with van der Waals surface area (Å²) in [5.41, 5.74) is 3.31. The molecule has 1 N–H and O–H groups in total. The molecule has 0 aliphatic heterocycles. The predicted molar refractivity (Wildman–Crippen MR) is 93.7 cm³/mol. The van der Waals surface area contributed by atoms with E-state index < -0.39 is 0 Å². The van der Waals surface area contributed by atoms with Crippen LogP contribution in [0.2, 0.25) is 0 Å². The van der Waals surface area contributed by atoms with Crippen LogP contribution in [0.15, 0.2) is 55.8 Å². The molecule has 0 aliphatic rings. The van der Waals surface area contributed by atoms with Gasteiger partial charge < -0.3 is 9.73 Å². The molecular formula is C17H15Br2NO. The lowest BCUT2D eigenvalue weighted by Crippen LogP contribution is -2.17. The average Bonchev–Trinajstić information content (AvgIpc) is 2.81. The van der Waals surface area contributed by atoms with Crippen molar-refractivity contribution in [3.05, 3.63) is 68.3 Å². The Labute approximate surface area is 140 Å². The summed E-state index contributed by atoms with van der Waals surface area (Å²) < 4.78 is 8.10. The number of aryl methyl sites for hydroxylation is 1. The second kappa shape index (κ2) is 5.95. The third kappa shape index (κ3) is 3.07. The van der Waals surface area contributed by atoms with Gasteiger partial charge in [0.15, 0.2) is 0 Å². The van der Waals surface area contributed by atoms with Crippen LogP contribution in [0.4, 0.5) is 0 Å². The first-order valence-electron chi connectivity index (χ1n) is 6.70. The van der Waals surface area contributed by atoms with Crippen molar-refractivity contribution >= 4 is 42.8 Å². The van der Waals surface area contributed by atoms with Gasteiger partial charge in [0.05, 0.1) is 6.04 Å². The molecule has 1 heterocycles. The number of benzene rings is 2. The Kier molecular flexibility index (Phi) is 4.20. The molecule has 0 radical (unpaired) electrons. The number of fused-ring (bicyclic) bond motifs is 1. The molecule has 108 valence electrons. The molecule has 3 rings (SSSR count). The van der Waals surface area contributed by atoms with E-state index in [1.165, 1.54) is 5.56 Å². The zero-order valence-corrected chi connectivity index (χ0v) is 15.0. The molecule has 0 fully saturated rings. The van der Waals surface area contributed by atoms with Crippen molar-refractivity contribution in [2.75, 3.05) is 7.05 Å². The second-order valence-electron chi connectivity index (χ2n) is 5.11. The van der Waals surface area contributed by atoms with Crippen molar-refractivity contribution in [1.29, 1.82) is 0 Å². The fraction of sp³-hybridized carbons (Fsp3) is 0.176.